The quantitative estimate of drug-likeness (QED) is 0.876. The van der Waals surface area contributed by atoms with E-state index in [0.717, 1.165) is 25.1 Å². The van der Waals surface area contributed by atoms with Crippen molar-refractivity contribution in [3.8, 4) is 0 Å². The Morgan fingerprint density at radius 3 is 2.89 bits per heavy atom. The Balaban J connectivity index is 2.03. The molecule has 2 atom stereocenters. The number of carbonyl (C=O) groups excluding carboxylic acids is 1. The molecule has 0 saturated carbocycles. The average Bonchev–Trinajstić information content (AvgIpc) is 2.39. The van der Waals surface area contributed by atoms with E-state index >= 15 is 0 Å². The lowest BCUT2D eigenvalue weighted by atomic mass is 9.91. The second kappa shape index (κ2) is 6.20. The second-order valence-electron chi connectivity index (χ2n) is 5.76. The third-order valence-corrected chi connectivity index (χ3v) is 3.92. The number of carbonyl (C=O) groups is 1. The summed E-state index contributed by atoms with van der Waals surface area (Å²) in [7, 11) is 0. The van der Waals surface area contributed by atoms with Crippen LogP contribution in [0.4, 0.5) is 5.69 Å². The number of piperidine rings is 1. The Morgan fingerprint density at radius 2 is 2.21 bits per heavy atom. The fourth-order valence-corrected chi connectivity index (χ4v) is 2.61. The van der Waals surface area contributed by atoms with E-state index in [9.17, 15) is 4.79 Å². The van der Waals surface area contributed by atoms with Gasteiger partial charge in [-0.15, -0.1) is 0 Å². The van der Waals surface area contributed by atoms with Gasteiger partial charge in [0.15, 0.2) is 0 Å². The fraction of sp³-hybridized carbons (Fsp3) is 0.562. The third-order valence-electron chi connectivity index (χ3n) is 3.92. The van der Waals surface area contributed by atoms with E-state index in [1.54, 1.807) is 0 Å². The molecule has 2 rings (SSSR count). The van der Waals surface area contributed by atoms with Gasteiger partial charge in [-0.1, -0.05) is 26.0 Å². The van der Waals surface area contributed by atoms with Gasteiger partial charge in [-0.2, -0.15) is 0 Å². The zero-order valence-corrected chi connectivity index (χ0v) is 12.1. The molecule has 3 heteroatoms. The highest BCUT2D eigenvalue weighted by Gasteiger charge is 2.27. The number of amides is 1. The Kier molecular flexibility index (Phi) is 4.59. The van der Waals surface area contributed by atoms with Crippen LogP contribution < -0.4 is 10.6 Å². The van der Waals surface area contributed by atoms with E-state index in [4.69, 9.17) is 0 Å². The lowest BCUT2D eigenvalue weighted by Gasteiger charge is -2.28. The Morgan fingerprint density at radius 1 is 1.42 bits per heavy atom. The van der Waals surface area contributed by atoms with Gasteiger partial charge in [-0.3, -0.25) is 4.79 Å². The van der Waals surface area contributed by atoms with Crippen LogP contribution in [0.15, 0.2) is 24.3 Å². The standard InChI is InChI=1S/C16H24N2O/c1-11(2)13-6-4-7-14(10-13)18-16(19)15-8-5-9-17-12(15)3/h4,6-7,10-12,15,17H,5,8-9H2,1-3H3,(H,18,19). The summed E-state index contributed by atoms with van der Waals surface area (Å²) in [4.78, 5) is 12.3. The first-order valence-corrected chi connectivity index (χ1v) is 7.22. The molecule has 3 nitrogen and oxygen atoms in total. The van der Waals surface area contributed by atoms with E-state index < -0.39 is 0 Å². The second-order valence-corrected chi connectivity index (χ2v) is 5.76. The van der Waals surface area contributed by atoms with E-state index in [0.29, 0.717) is 5.92 Å². The van der Waals surface area contributed by atoms with Crippen molar-refractivity contribution in [2.24, 2.45) is 5.92 Å². The van der Waals surface area contributed by atoms with Crippen molar-refractivity contribution < 1.29 is 4.79 Å². The van der Waals surface area contributed by atoms with Crippen molar-refractivity contribution in [3.05, 3.63) is 29.8 Å². The molecule has 1 heterocycles. The van der Waals surface area contributed by atoms with Crippen LogP contribution in [0.25, 0.3) is 0 Å². The summed E-state index contributed by atoms with van der Waals surface area (Å²) in [6, 6.07) is 8.41. The summed E-state index contributed by atoms with van der Waals surface area (Å²) in [5.41, 5.74) is 2.17. The van der Waals surface area contributed by atoms with Crippen LogP contribution in [-0.2, 0) is 4.79 Å². The Labute approximate surface area is 115 Å². The molecular weight excluding hydrogens is 236 g/mol. The van der Waals surface area contributed by atoms with Crippen LogP contribution in [-0.4, -0.2) is 18.5 Å². The minimum absolute atomic E-state index is 0.0801. The van der Waals surface area contributed by atoms with E-state index in [1.165, 1.54) is 5.56 Å². The topological polar surface area (TPSA) is 41.1 Å². The number of rotatable bonds is 3. The molecular formula is C16H24N2O. The lowest BCUT2D eigenvalue weighted by Crippen LogP contribution is -2.44. The van der Waals surface area contributed by atoms with Gasteiger partial charge in [0.05, 0.1) is 5.92 Å². The molecule has 1 saturated heterocycles. The van der Waals surface area contributed by atoms with Crippen molar-refractivity contribution in [1.82, 2.24) is 5.32 Å². The van der Waals surface area contributed by atoms with Crippen molar-refractivity contribution in [2.45, 2.75) is 45.6 Å². The Hall–Kier alpha value is -1.35. The fourth-order valence-electron chi connectivity index (χ4n) is 2.61. The number of benzene rings is 1. The van der Waals surface area contributed by atoms with Crippen LogP contribution in [0.2, 0.25) is 0 Å². The van der Waals surface area contributed by atoms with Gasteiger partial charge < -0.3 is 10.6 Å². The van der Waals surface area contributed by atoms with Crippen LogP contribution in [0.5, 0.6) is 0 Å². The van der Waals surface area contributed by atoms with Crippen LogP contribution in [0.1, 0.15) is 45.1 Å². The summed E-state index contributed by atoms with van der Waals surface area (Å²) in [6.45, 7) is 7.43. The number of hydrogen-bond acceptors (Lipinski definition) is 2. The van der Waals surface area contributed by atoms with E-state index in [-0.39, 0.29) is 17.9 Å². The molecule has 1 aromatic carbocycles. The van der Waals surface area contributed by atoms with Gasteiger partial charge in [0.2, 0.25) is 5.91 Å². The first-order chi connectivity index (χ1) is 9.08. The van der Waals surface area contributed by atoms with Gasteiger partial charge in [0, 0.05) is 11.7 Å². The van der Waals surface area contributed by atoms with Gasteiger partial charge in [-0.25, -0.2) is 0 Å². The first-order valence-electron chi connectivity index (χ1n) is 7.22. The highest BCUT2D eigenvalue weighted by Crippen LogP contribution is 2.21. The molecule has 1 fully saturated rings. The maximum absolute atomic E-state index is 12.3. The maximum Gasteiger partial charge on any atom is 0.229 e. The summed E-state index contributed by atoms with van der Waals surface area (Å²) in [5, 5.41) is 6.43. The van der Waals surface area contributed by atoms with Crippen molar-refractivity contribution in [1.29, 1.82) is 0 Å². The zero-order valence-electron chi connectivity index (χ0n) is 12.1. The Bertz CT molecular complexity index is 442. The van der Waals surface area contributed by atoms with E-state index in [2.05, 4.69) is 43.5 Å². The van der Waals surface area contributed by atoms with Gasteiger partial charge >= 0.3 is 0 Å². The highest BCUT2D eigenvalue weighted by atomic mass is 16.1. The molecule has 19 heavy (non-hydrogen) atoms. The summed E-state index contributed by atoms with van der Waals surface area (Å²) in [6.07, 6.45) is 2.05. The summed E-state index contributed by atoms with van der Waals surface area (Å²) < 4.78 is 0. The monoisotopic (exact) mass is 260 g/mol. The molecule has 1 aliphatic heterocycles. The average molecular weight is 260 g/mol. The minimum atomic E-state index is 0.0801. The summed E-state index contributed by atoms with van der Waals surface area (Å²) >= 11 is 0. The molecule has 1 aromatic rings. The SMILES string of the molecule is CC(C)c1cccc(NC(=O)C2CCCNC2C)c1. The molecule has 0 aliphatic carbocycles. The predicted octanol–water partition coefficient (Wildman–Crippen LogP) is 3.14. The van der Waals surface area contributed by atoms with Crippen LogP contribution in [0.3, 0.4) is 0 Å². The van der Waals surface area contributed by atoms with Crippen LogP contribution >= 0.6 is 0 Å². The molecule has 1 amide bonds. The lowest BCUT2D eigenvalue weighted by molar-refractivity contribution is -0.121. The first kappa shape index (κ1) is 14.1. The normalized spacial score (nSPS) is 23.4. The highest BCUT2D eigenvalue weighted by molar-refractivity contribution is 5.93. The van der Waals surface area contributed by atoms with Gasteiger partial charge in [0.25, 0.3) is 0 Å². The molecule has 0 aromatic heterocycles. The van der Waals surface area contributed by atoms with Crippen molar-refractivity contribution in [3.63, 3.8) is 0 Å². The largest absolute Gasteiger partial charge is 0.326 e. The molecule has 0 radical (unpaired) electrons. The van der Waals surface area contributed by atoms with Crippen molar-refractivity contribution in [2.75, 3.05) is 11.9 Å². The van der Waals surface area contributed by atoms with Crippen LogP contribution in [0, 0.1) is 5.92 Å². The third kappa shape index (κ3) is 3.57. The molecule has 104 valence electrons. The van der Waals surface area contributed by atoms with E-state index in [1.807, 2.05) is 12.1 Å². The summed E-state index contributed by atoms with van der Waals surface area (Å²) in [5.74, 6) is 0.698. The number of nitrogens with one attached hydrogen (secondary N) is 2. The van der Waals surface area contributed by atoms with Gasteiger partial charge in [0.1, 0.15) is 0 Å². The maximum atomic E-state index is 12.3. The zero-order chi connectivity index (χ0) is 13.8. The van der Waals surface area contributed by atoms with Crippen molar-refractivity contribution >= 4 is 11.6 Å². The molecule has 2 N–H and O–H groups in total. The molecule has 0 spiro atoms. The predicted molar refractivity (Wildman–Crippen MR) is 79.3 cm³/mol. The number of hydrogen-bond donors (Lipinski definition) is 2. The molecule has 1 aliphatic rings. The molecule has 0 bridgehead atoms. The van der Waals surface area contributed by atoms with Gasteiger partial charge in [-0.05, 0) is 49.9 Å². The number of anilines is 1. The minimum Gasteiger partial charge on any atom is -0.326 e. The molecule has 2 unspecified atom stereocenters. The smallest absolute Gasteiger partial charge is 0.229 e.